The predicted molar refractivity (Wildman–Crippen MR) is 148 cm³/mol. The summed E-state index contributed by atoms with van der Waals surface area (Å²) < 4.78 is 47.6. The molecule has 2 N–H and O–H groups in total. The number of hydrogen-bond donors (Lipinski definition) is 2. The Morgan fingerprint density at radius 2 is 1.93 bits per heavy atom. The van der Waals surface area contributed by atoms with E-state index in [4.69, 9.17) is 16.3 Å². The van der Waals surface area contributed by atoms with Crippen LogP contribution in [0.3, 0.4) is 0 Å². The summed E-state index contributed by atoms with van der Waals surface area (Å²) in [5, 5.41) is 13.1. The number of fused-ring (bicyclic) bond motifs is 1. The number of pyridine rings is 1. The van der Waals surface area contributed by atoms with Crippen LogP contribution in [0.4, 0.5) is 18.0 Å². The Bertz CT molecular complexity index is 1550. The van der Waals surface area contributed by atoms with Crippen LogP contribution in [0.1, 0.15) is 31.1 Å². The Morgan fingerprint density at radius 1 is 1.19 bits per heavy atom. The van der Waals surface area contributed by atoms with E-state index < -0.39 is 47.5 Å². The van der Waals surface area contributed by atoms with Gasteiger partial charge in [0.05, 0.1) is 24.9 Å². The fourth-order valence-electron chi connectivity index (χ4n) is 5.70. The number of urea groups is 1. The minimum Gasteiger partial charge on any atom is -0.480 e. The summed E-state index contributed by atoms with van der Waals surface area (Å²) in [5.74, 6) is -4.85. The Hall–Kier alpha value is -4.17. The molecule has 0 bridgehead atoms. The van der Waals surface area contributed by atoms with Gasteiger partial charge in [-0.25, -0.2) is 27.7 Å². The summed E-state index contributed by atoms with van der Waals surface area (Å²) in [6.45, 7) is 4.02. The molecule has 3 aliphatic heterocycles. The third-order valence-corrected chi connectivity index (χ3v) is 8.05. The van der Waals surface area contributed by atoms with Crippen LogP contribution in [0.5, 0.6) is 0 Å². The van der Waals surface area contributed by atoms with E-state index in [0.717, 1.165) is 25.4 Å². The number of piperazine rings is 1. The smallest absolute Gasteiger partial charge is 0.338 e. The molecule has 0 spiro atoms. The number of amidine groups is 1. The lowest BCUT2D eigenvalue weighted by molar-refractivity contribution is -0.147. The zero-order valence-corrected chi connectivity index (χ0v) is 24.1. The lowest BCUT2D eigenvalue weighted by atomic mass is 9.94. The SMILES string of the molecule is COC(=O)C1=C(CN2CCN3C(=O)N(C(C)C)C[C@H]3[C@@H]2C(=O)O)NC(c2ncc(F)cc2F)=N[C@H]1c1ccc(F)cc1Cl. The van der Waals surface area contributed by atoms with Crippen LogP contribution in [-0.2, 0) is 14.3 Å². The van der Waals surface area contributed by atoms with Crippen LogP contribution in [0, 0.1) is 17.5 Å². The molecule has 0 radical (unpaired) electrons. The van der Waals surface area contributed by atoms with Gasteiger partial charge in [0.15, 0.2) is 11.7 Å². The number of ether oxygens (including phenoxy) is 1. The fraction of sp³-hybridized carbons (Fsp3) is 0.393. The molecular weight excluding hydrogens is 593 g/mol. The number of methoxy groups -OCH3 is 1. The van der Waals surface area contributed by atoms with Crippen LogP contribution >= 0.6 is 11.6 Å². The van der Waals surface area contributed by atoms with Gasteiger partial charge in [-0.3, -0.25) is 14.7 Å². The second kappa shape index (κ2) is 11.8. The normalized spacial score (nSPS) is 22.5. The number of aliphatic imine (C=N–C) groups is 1. The third kappa shape index (κ3) is 5.64. The van der Waals surface area contributed by atoms with Crippen molar-refractivity contribution in [2.24, 2.45) is 4.99 Å². The molecule has 4 heterocycles. The van der Waals surface area contributed by atoms with E-state index in [1.165, 1.54) is 11.0 Å². The number of aromatic nitrogens is 1. The van der Waals surface area contributed by atoms with Crippen molar-refractivity contribution in [3.8, 4) is 0 Å². The van der Waals surface area contributed by atoms with Gasteiger partial charge in [-0.05, 0) is 26.0 Å². The summed E-state index contributed by atoms with van der Waals surface area (Å²) in [7, 11) is 1.14. The molecule has 2 aromatic rings. The first-order valence-electron chi connectivity index (χ1n) is 13.4. The van der Waals surface area contributed by atoms with E-state index in [9.17, 15) is 32.7 Å². The van der Waals surface area contributed by atoms with Gasteiger partial charge in [-0.1, -0.05) is 17.7 Å². The monoisotopic (exact) mass is 620 g/mol. The van der Waals surface area contributed by atoms with Crippen LogP contribution in [0.2, 0.25) is 5.02 Å². The van der Waals surface area contributed by atoms with Crippen LogP contribution < -0.4 is 5.32 Å². The second-order valence-corrected chi connectivity index (χ2v) is 11.0. The van der Waals surface area contributed by atoms with E-state index in [-0.39, 0.29) is 71.6 Å². The van der Waals surface area contributed by atoms with E-state index in [1.54, 1.807) is 9.80 Å². The minimum atomic E-state index is -1.26. The topological polar surface area (TPSA) is 128 Å². The van der Waals surface area contributed by atoms with Crippen molar-refractivity contribution in [2.75, 3.05) is 33.3 Å². The maximum atomic E-state index is 14.9. The quantitative estimate of drug-likeness (QED) is 0.453. The summed E-state index contributed by atoms with van der Waals surface area (Å²) in [5.41, 5.74) is -0.187. The molecule has 2 saturated heterocycles. The standard InChI is InChI=1S/C28H28ClF3N6O5/c1-13(2)38-12-20-24(26(39)40)36(6-7-37(20)28(38)42)11-19-21(27(41)43-3)22(16-5-4-14(30)8-17(16)29)35-25(34-19)23-18(32)9-15(31)10-33-23/h4-5,8-10,13,20,22,24H,6-7,11-12H2,1-3H3,(H,34,35)(H,39,40)/t20-,22-,24+/m0/s1. The molecule has 0 saturated carbocycles. The zero-order valence-electron chi connectivity index (χ0n) is 23.4. The number of nitrogens with zero attached hydrogens (tertiary/aromatic N) is 5. The number of halogens is 4. The van der Waals surface area contributed by atoms with Gasteiger partial charge in [0.25, 0.3) is 0 Å². The van der Waals surface area contributed by atoms with Crippen LogP contribution in [-0.4, -0.2) is 100 Å². The first-order chi connectivity index (χ1) is 20.4. The van der Waals surface area contributed by atoms with Gasteiger partial charge < -0.3 is 25.0 Å². The zero-order chi connectivity index (χ0) is 31.2. The number of carboxylic acid groups (broad SMARTS) is 1. The maximum Gasteiger partial charge on any atom is 0.338 e. The number of amides is 2. The number of carboxylic acids is 1. The molecule has 5 rings (SSSR count). The highest BCUT2D eigenvalue weighted by Crippen LogP contribution is 2.37. The number of rotatable bonds is 7. The van der Waals surface area contributed by atoms with Crippen molar-refractivity contribution in [2.45, 2.75) is 38.0 Å². The summed E-state index contributed by atoms with van der Waals surface area (Å²) >= 11 is 6.37. The number of carbonyl (C=O) groups is 3. The molecule has 1 aromatic carbocycles. The molecule has 0 aliphatic carbocycles. The van der Waals surface area contributed by atoms with Crippen molar-refractivity contribution < 1.29 is 37.4 Å². The van der Waals surface area contributed by atoms with E-state index in [0.29, 0.717) is 6.07 Å². The van der Waals surface area contributed by atoms with Gasteiger partial charge in [-0.2, -0.15) is 0 Å². The highest BCUT2D eigenvalue weighted by atomic mass is 35.5. The number of carbonyl (C=O) groups excluding carboxylic acids is 2. The minimum absolute atomic E-state index is 0.0832. The second-order valence-electron chi connectivity index (χ2n) is 10.6. The van der Waals surface area contributed by atoms with Crippen molar-refractivity contribution >= 4 is 35.4 Å². The molecule has 1 aromatic heterocycles. The molecule has 0 unspecified atom stereocenters. The largest absolute Gasteiger partial charge is 0.480 e. The molecule has 3 aliphatic rings. The average molecular weight is 621 g/mol. The Morgan fingerprint density at radius 3 is 2.56 bits per heavy atom. The van der Waals surface area contributed by atoms with Crippen LogP contribution in [0.25, 0.3) is 0 Å². The van der Waals surface area contributed by atoms with Crippen molar-refractivity contribution in [3.63, 3.8) is 0 Å². The lowest BCUT2D eigenvalue weighted by Gasteiger charge is -2.42. The number of aliphatic carboxylic acids is 1. The molecule has 228 valence electrons. The van der Waals surface area contributed by atoms with E-state index in [1.807, 2.05) is 13.8 Å². The first-order valence-corrected chi connectivity index (χ1v) is 13.8. The Kier molecular flexibility index (Phi) is 8.34. The van der Waals surface area contributed by atoms with Crippen molar-refractivity contribution in [1.29, 1.82) is 0 Å². The molecule has 3 atom stereocenters. The molecule has 11 nitrogen and oxygen atoms in total. The van der Waals surface area contributed by atoms with Crippen molar-refractivity contribution in [1.82, 2.24) is 25.0 Å². The lowest BCUT2D eigenvalue weighted by Crippen LogP contribution is -2.62. The van der Waals surface area contributed by atoms with Gasteiger partial charge in [0, 0.05) is 54.6 Å². The van der Waals surface area contributed by atoms with E-state index >= 15 is 0 Å². The maximum absolute atomic E-state index is 14.9. The van der Waals surface area contributed by atoms with Crippen molar-refractivity contribution in [3.05, 3.63) is 75.5 Å². The highest BCUT2D eigenvalue weighted by molar-refractivity contribution is 6.31. The Labute approximate surface area is 249 Å². The molecule has 15 heteroatoms. The number of benzene rings is 1. The number of esters is 1. The first kappa shape index (κ1) is 30.3. The average Bonchev–Trinajstić information content (AvgIpc) is 3.28. The van der Waals surface area contributed by atoms with E-state index in [2.05, 4.69) is 15.3 Å². The van der Waals surface area contributed by atoms with Gasteiger partial charge in [0.2, 0.25) is 0 Å². The van der Waals surface area contributed by atoms with Crippen LogP contribution in [0.15, 0.2) is 46.7 Å². The fourth-order valence-corrected chi connectivity index (χ4v) is 5.97. The predicted octanol–water partition coefficient (Wildman–Crippen LogP) is 2.95. The Balaban J connectivity index is 1.61. The third-order valence-electron chi connectivity index (χ3n) is 7.72. The highest BCUT2D eigenvalue weighted by Gasteiger charge is 2.50. The molecule has 43 heavy (non-hydrogen) atoms. The van der Waals surface area contributed by atoms with Gasteiger partial charge in [0.1, 0.15) is 29.4 Å². The molecule has 2 fully saturated rings. The molecule has 2 amide bonds. The summed E-state index contributed by atoms with van der Waals surface area (Å²) in [4.78, 5) is 51.9. The van der Waals surface area contributed by atoms with Gasteiger partial charge >= 0.3 is 18.0 Å². The summed E-state index contributed by atoms with van der Waals surface area (Å²) in [6.07, 6.45) is 0.791. The van der Waals surface area contributed by atoms with Gasteiger partial charge in [-0.15, -0.1) is 0 Å². The number of hydrogen-bond acceptors (Lipinski definition) is 8. The molecular formula is C28H28ClF3N6O5. The summed E-state index contributed by atoms with van der Waals surface area (Å²) in [6, 6.07) is 0.562. The number of nitrogens with one attached hydrogen (secondary N) is 1.